The molecule has 0 unspecified atom stereocenters. The predicted molar refractivity (Wildman–Crippen MR) is 126 cm³/mol. The van der Waals surface area contributed by atoms with Gasteiger partial charge in [0, 0.05) is 6.07 Å². The van der Waals surface area contributed by atoms with Crippen molar-refractivity contribution in [3.63, 3.8) is 0 Å². The fourth-order valence-corrected chi connectivity index (χ4v) is 3.99. The molecular weight excluding hydrogens is 492 g/mol. The van der Waals surface area contributed by atoms with E-state index in [1.165, 1.54) is 14.0 Å². The van der Waals surface area contributed by atoms with E-state index in [-0.39, 0.29) is 27.1 Å². The molecule has 0 radical (unpaired) electrons. The second-order valence-corrected chi connectivity index (χ2v) is 8.20. The smallest absolute Gasteiger partial charge is 0.347 e. The monoisotopic (exact) mass is 514 g/mol. The second kappa shape index (κ2) is 9.95. The molecule has 0 spiro atoms. The summed E-state index contributed by atoms with van der Waals surface area (Å²) in [5.74, 6) is -1.69. The molecule has 0 saturated heterocycles. The number of aromatic hydroxyl groups is 1. The first-order valence-corrected chi connectivity index (χ1v) is 10.8. The average molecular weight is 515 g/mol. The summed E-state index contributed by atoms with van der Waals surface area (Å²) in [7, 11) is 1.44. The van der Waals surface area contributed by atoms with Crippen molar-refractivity contribution in [2.45, 2.75) is 27.4 Å². The van der Waals surface area contributed by atoms with E-state index < -0.39 is 17.7 Å². The minimum Gasteiger partial charge on any atom is -0.506 e. The number of carboxylic acids is 1. The van der Waals surface area contributed by atoms with Crippen LogP contribution < -0.4 is 14.2 Å². The number of carboxylic acid groups (broad SMARTS) is 1. The first-order chi connectivity index (χ1) is 15.6. The zero-order chi connectivity index (χ0) is 24.3. The lowest BCUT2D eigenvalue weighted by Gasteiger charge is -2.18. The lowest BCUT2D eigenvalue weighted by Crippen LogP contribution is -2.14. The van der Waals surface area contributed by atoms with Gasteiger partial charge in [-0.15, -0.1) is 0 Å². The number of carbonyl (C=O) groups is 2. The highest BCUT2D eigenvalue weighted by Crippen LogP contribution is 2.42. The number of halogens is 1. The quantitative estimate of drug-likeness (QED) is 0.313. The van der Waals surface area contributed by atoms with E-state index in [9.17, 15) is 19.8 Å². The van der Waals surface area contributed by atoms with E-state index in [1.54, 1.807) is 26.0 Å². The van der Waals surface area contributed by atoms with Crippen LogP contribution in [0.2, 0.25) is 0 Å². The van der Waals surface area contributed by atoms with Crippen LogP contribution in [-0.2, 0) is 6.61 Å². The van der Waals surface area contributed by atoms with E-state index in [0.29, 0.717) is 29.0 Å². The summed E-state index contributed by atoms with van der Waals surface area (Å²) in [4.78, 5) is 24.6. The molecule has 0 amide bonds. The summed E-state index contributed by atoms with van der Waals surface area (Å²) in [6.45, 7) is 5.23. The van der Waals surface area contributed by atoms with Crippen molar-refractivity contribution in [3.05, 3.63) is 80.3 Å². The molecule has 3 aromatic rings. The molecule has 0 aromatic heterocycles. The van der Waals surface area contributed by atoms with Crippen LogP contribution in [0, 0.1) is 20.8 Å². The van der Waals surface area contributed by atoms with Crippen LogP contribution in [0.5, 0.6) is 23.0 Å². The Hall–Kier alpha value is -3.52. The Morgan fingerprint density at radius 3 is 2.27 bits per heavy atom. The van der Waals surface area contributed by atoms with Gasteiger partial charge in [0.05, 0.1) is 7.11 Å². The number of hydrogen-bond donors (Lipinski definition) is 2. The van der Waals surface area contributed by atoms with Gasteiger partial charge in [0.1, 0.15) is 39.5 Å². The Kier molecular flexibility index (Phi) is 7.28. The van der Waals surface area contributed by atoms with E-state index >= 15 is 0 Å². The van der Waals surface area contributed by atoms with Gasteiger partial charge in [-0.2, -0.15) is 0 Å². The summed E-state index contributed by atoms with van der Waals surface area (Å²) in [6, 6.07) is 13.0. The van der Waals surface area contributed by atoms with Gasteiger partial charge in [-0.05, 0) is 65.0 Å². The molecule has 0 aliphatic rings. The number of aryl methyl sites for hydroxylation is 1. The van der Waals surface area contributed by atoms with Crippen LogP contribution in [0.3, 0.4) is 0 Å². The third kappa shape index (κ3) is 4.96. The second-order valence-electron chi connectivity index (χ2n) is 7.40. The third-order valence-corrected chi connectivity index (χ3v) is 6.01. The molecule has 7 nitrogen and oxygen atoms in total. The Morgan fingerprint density at radius 1 is 1.00 bits per heavy atom. The van der Waals surface area contributed by atoms with E-state index in [0.717, 1.165) is 5.56 Å². The molecule has 0 fully saturated rings. The fraction of sp³-hybridized carbons (Fsp3) is 0.200. The van der Waals surface area contributed by atoms with Crippen molar-refractivity contribution in [2.75, 3.05) is 7.11 Å². The van der Waals surface area contributed by atoms with E-state index in [2.05, 4.69) is 15.9 Å². The van der Waals surface area contributed by atoms with Crippen LogP contribution in [0.25, 0.3) is 0 Å². The van der Waals surface area contributed by atoms with Crippen LogP contribution in [-0.4, -0.2) is 29.3 Å². The van der Waals surface area contributed by atoms with Crippen LogP contribution in [0.15, 0.2) is 46.9 Å². The predicted octanol–water partition coefficient (Wildman–Crippen LogP) is 5.58. The first-order valence-electron chi connectivity index (χ1n) is 9.98. The van der Waals surface area contributed by atoms with Gasteiger partial charge < -0.3 is 24.4 Å². The van der Waals surface area contributed by atoms with E-state index in [1.807, 2.05) is 30.3 Å². The molecule has 3 rings (SSSR count). The van der Waals surface area contributed by atoms with Crippen molar-refractivity contribution >= 4 is 27.9 Å². The maximum Gasteiger partial charge on any atom is 0.347 e. The molecule has 0 bridgehead atoms. The lowest BCUT2D eigenvalue weighted by atomic mass is 10.0. The number of carbonyl (C=O) groups excluding carboxylic acids is 1. The highest BCUT2D eigenvalue weighted by molar-refractivity contribution is 9.10. The first kappa shape index (κ1) is 24.1. The number of benzene rings is 3. The highest BCUT2D eigenvalue weighted by atomic mass is 79.9. The van der Waals surface area contributed by atoms with Crippen molar-refractivity contribution in [2.24, 2.45) is 0 Å². The number of esters is 1. The molecule has 0 aliphatic carbocycles. The average Bonchev–Trinajstić information content (AvgIpc) is 2.79. The summed E-state index contributed by atoms with van der Waals surface area (Å²) in [5, 5.41) is 19.7. The zero-order valence-electron chi connectivity index (χ0n) is 18.6. The van der Waals surface area contributed by atoms with Gasteiger partial charge in [0.15, 0.2) is 5.75 Å². The molecule has 0 heterocycles. The van der Waals surface area contributed by atoms with Gasteiger partial charge in [-0.3, -0.25) is 0 Å². The minimum atomic E-state index is -1.28. The number of phenols is 1. The fourth-order valence-electron chi connectivity index (χ4n) is 3.41. The molecular formula is C25H23BrO7. The number of rotatable bonds is 7. The topological polar surface area (TPSA) is 102 Å². The zero-order valence-corrected chi connectivity index (χ0v) is 20.1. The normalized spacial score (nSPS) is 10.6. The number of hydrogen-bond acceptors (Lipinski definition) is 6. The van der Waals surface area contributed by atoms with Crippen LogP contribution in [0.4, 0.5) is 0 Å². The lowest BCUT2D eigenvalue weighted by molar-refractivity contribution is 0.0692. The number of aromatic carboxylic acids is 1. The molecule has 33 heavy (non-hydrogen) atoms. The summed E-state index contributed by atoms with van der Waals surface area (Å²) < 4.78 is 16.8. The summed E-state index contributed by atoms with van der Waals surface area (Å²) in [6.07, 6.45) is 0. The molecule has 0 saturated carbocycles. The summed E-state index contributed by atoms with van der Waals surface area (Å²) in [5.41, 5.74) is 2.20. The van der Waals surface area contributed by atoms with Gasteiger partial charge >= 0.3 is 11.9 Å². The van der Waals surface area contributed by atoms with Crippen molar-refractivity contribution in [1.82, 2.24) is 0 Å². The Bertz CT molecular complexity index is 1190. The standard InChI is InChI=1S/C25H23BrO7/c1-13-10-17(32-12-16-8-6-5-7-9-16)11-18(31-4)19(13)25(30)33-23-15(3)14(2)20(24(28)29)22(27)21(23)26/h5-11,27H,12H2,1-4H3,(H,28,29). The SMILES string of the molecule is COc1cc(OCc2ccccc2)cc(C)c1C(=O)Oc1c(C)c(C)c(C(=O)O)c(O)c1Br. The van der Waals surface area contributed by atoms with Crippen molar-refractivity contribution in [1.29, 1.82) is 0 Å². The molecule has 8 heteroatoms. The molecule has 0 aliphatic heterocycles. The molecule has 172 valence electrons. The van der Waals surface area contributed by atoms with Crippen LogP contribution >= 0.6 is 15.9 Å². The van der Waals surface area contributed by atoms with Crippen molar-refractivity contribution in [3.8, 4) is 23.0 Å². The van der Waals surface area contributed by atoms with Gasteiger partial charge in [-0.1, -0.05) is 30.3 Å². The van der Waals surface area contributed by atoms with E-state index in [4.69, 9.17) is 14.2 Å². The summed E-state index contributed by atoms with van der Waals surface area (Å²) >= 11 is 3.15. The Labute approximate surface area is 199 Å². The number of ether oxygens (including phenoxy) is 3. The molecule has 2 N–H and O–H groups in total. The Morgan fingerprint density at radius 2 is 1.67 bits per heavy atom. The maximum atomic E-state index is 13.1. The van der Waals surface area contributed by atoms with Gasteiger partial charge in [0.2, 0.25) is 0 Å². The molecule has 0 atom stereocenters. The third-order valence-electron chi connectivity index (χ3n) is 5.28. The maximum absolute atomic E-state index is 13.1. The Balaban J connectivity index is 1.92. The highest BCUT2D eigenvalue weighted by Gasteiger charge is 2.27. The van der Waals surface area contributed by atoms with Gasteiger partial charge in [-0.25, -0.2) is 9.59 Å². The number of methoxy groups -OCH3 is 1. The molecule has 3 aromatic carbocycles. The van der Waals surface area contributed by atoms with Gasteiger partial charge in [0.25, 0.3) is 0 Å². The van der Waals surface area contributed by atoms with Crippen LogP contribution in [0.1, 0.15) is 43.0 Å². The largest absolute Gasteiger partial charge is 0.506 e. The minimum absolute atomic E-state index is 0.0178. The van der Waals surface area contributed by atoms with Crippen molar-refractivity contribution < 1.29 is 34.0 Å².